The highest BCUT2D eigenvalue weighted by Gasteiger charge is 2.28. The predicted octanol–water partition coefficient (Wildman–Crippen LogP) is 1.95. The minimum atomic E-state index is 0.118. The molecular weight excluding hydrogens is 252 g/mol. The molecule has 0 bridgehead atoms. The molecule has 1 aliphatic carbocycles. The van der Waals surface area contributed by atoms with Gasteiger partial charge in [-0.3, -0.25) is 9.48 Å². The van der Waals surface area contributed by atoms with Crippen LogP contribution < -0.4 is 5.73 Å². The minimum Gasteiger partial charge on any atom is -0.334 e. The lowest BCUT2D eigenvalue weighted by Gasteiger charge is -2.29. The van der Waals surface area contributed by atoms with Crippen LogP contribution in [0.5, 0.6) is 0 Å². The van der Waals surface area contributed by atoms with Gasteiger partial charge in [0.2, 0.25) is 0 Å². The summed E-state index contributed by atoms with van der Waals surface area (Å²) in [5.41, 5.74) is 7.24. The SMILES string of the molecule is CCn1nc(C)cc1C(=O)N(CCCN)C1CCCC1. The lowest BCUT2D eigenvalue weighted by molar-refractivity contribution is 0.0667. The summed E-state index contributed by atoms with van der Waals surface area (Å²) < 4.78 is 1.81. The number of hydrogen-bond donors (Lipinski definition) is 1. The van der Waals surface area contributed by atoms with Crippen molar-refractivity contribution < 1.29 is 4.79 Å². The minimum absolute atomic E-state index is 0.118. The second kappa shape index (κ2) is 6.88. The maximum absolute atomic E-state index is 12.9. The van der Waals surface area contributed by atoms with E-state index < -0.39 is 0 Å². The van der Waals surface area contributed by atoms with Crippen LogP contribution in [0.25, 0.3) is 0 Å². The van der Waals surface area contributed by atoms with E-state index in [2.05, 4.69) is 5.10 Å². The molecule has 0 atom stereocenters. The van der Waals surface area contributed by atoms with Crippen molar-refractivity contribution in [1.82, 2.24) is 14.7 Å². The Hall–Kier alpha value is -1.36. The first-order valence-electron chi connectivity index (χ1n) is 7.72. The van der Waals surface area contributed by atoms with Gasteiger partial charge in [0, 0.05) is 19.1 Å². The maximum atomic E-state index is 12.9. The second-order valence-electron chi connectivity index (χ2n) is 5.57. The average molecular weight is 278 g/mol. The third kappa shape index (κ3) is 3.20. The van der Waals surface area contributed by atoms with Gasteiger partial charge in [-0.25, -0.2) is 0 Å². The van der Waals surface area contributed by atoms with Gasteiger partial charge in [-0.1, -0.05) is 12.8 Å². The number of aryl methyl sites for hydroxylation is 2. The van der Waals surface area contributed by atoms with Crippen LogP contribution in [0, 0.1) is 6.92 Å². The van der Waals surface area contributed by atoms with Gasteiger partial charge in [-0.05, 0) is 45.7 Å². The number of rotatable bonds is 6. The van der Waals surface area contributed by atoms with E-state index in [1.165, 1.54) is 12.8 Å². The fourth-order valence-electron chi connectivity index (χ4n) is 3.03. The zero-order valence-corrected chi connectivity index (χ0v) is 12.6. The highest BCUT2D eigenvalue weighted by molar-refractivity contribution is 5.93. The first-order chi connectivity index (χ1) is 9.67. The Morgan fingerprint density at radius 2 is 2.20 bits per heavy atom. The second-order valence-corrected chi connectivity index (χ2v) is 5.57. The molecule has 0 saturated heterocycles. The van der Waals surface area contributed by atoms with Crippen molar-refractivity contribution in [1.29, 1.82) is 0 Å². The van der Waals surface area contributed by atoms with Crippen molar-refractivity contribution in [3.05, 3.63) is 17.5 Å². The molecule has 5 heteroatoms. The van der Waals surface area contributed by atoms with Crippen LogP contribution in [0.3, 0.4) is 0 Å². The van der Waals surface area contributed by atoms with Crippen molar-refractivity contribution in [2.45, 2.75) is 58.5 Å². The van der Waals surface area contributed by atoms with Crippen molar-refractivity contribution in [2.24, 2.45) is 5.73 Å². The Balaban J connectivity index is 2.19. The van der Waals surface area contributed by atoms with Gasteiger partial charge in [-0.15, -0.1) is 0 Å². The fourth-order valence-corrected chi connectivity index (χ4v) is 3.03. The van der Waals surface area contributed by atoms with E-state index in [4.69, 9.17) is 5.73 Å². The lowest BCUT2D eigenvalue weighted by atomic mass is 10.1. The van der Waals surface area contributed by atoms with Gasteiger partial charge in [0.1, 0.15) is 5.69 Å². The molecule has 1 aromatic rings. The molecule has 1 saturated carbocycles. The van der Waals surface area contributed by atoms with Gasteiger partial charge >= 0.3 is 0 Å². The number of hydrogen-bond acceptors (Lipinski definition) is 3. The third-order valence-corrected chi connectivity index (χ3v) is 4.05. The number of carbonyl (C=O) groups excluding carboxylic acids is 1. The Labute approximate surface area is 121 Å². The Morgan fingerprint density at radius 1 is 1.50 bits per heavy atom. The molecule has 0 aromatic carbocycles. The van der Waals surface area contributed by atoms with Gasteiger partial charge in [-0.2, -0.15) is 5.10 Å². The molecular formula is C15H26N4O. The number of nitrogens with two attached hydrogens (primary N) is 1. The number of aromatic nitrogens is 2. The number of carbonyl (C=O) groups is 1. The van der Waals surface area contributed by atoms with Gasteiger partial charge in [0.05, 0.1) is 5.69 Å². The van der Waals surface area contributed by atoms with Gasteiger partial charge in [0.25, 0.3) is 5.91 Å². The molecule has 2 rings (SSSR count). The highest BCUT2D eigenvalue weighted by Crippen LogP contribution is 2.25. The summed E-state index contributed by atoms with van der Waals surface area (Å²) in [4.78, 5) is 14.9. The van der Waals surface area contributed by atoms with Crippen LogP contribution in [0.4, 0.5) is 0 Å². The van der Waals surface area contributed by atoms with Crippen LogP contribution in [-0.4, -0.2) is 39.7 Å². The molecule has 2 N–H and O–H groups in total. The molecule has 5 nitrogen and oxygen atoms in total. The Morgan fingerprint density at radius 3 is 2.80 bits per heavy atom. The van der Waals surface area contributed by atoms with E-state index in [0.717, 1.165) is 38.0 Å². The summed E-state index contributed by atoms with van der Waals surface area (Å²) in [6, 6.07) is 2.28. The molecule has 1 aliphatic rings. The van der Waals surface area contributed by atoms with Gasteiger partial charge < -0.3 is 10.6 Å². The molecule has 1 aromatic heterocycles. The van der Waals surface area contributed by atoms with E-state index in [-0.39, 0.29) is 5.91 Å². The van der Waals surface area contributed by atoms with Crippen LogP contribution >= 0.6 is 0 Å². The lowest BCUT2D eigenvalue weighted by Crippen LogP contribution is -2.41. The van der Waals surface area contributed by atoms with Gasteiger partial charge in [0.15, 0.2) is 0 Å². The molecule has 0 radical (unpaired) electrons. The molecule has 0 aliphatic heterocycles. The first kappa shape index (κ1) is 15.0. The van der Waals surface area contributed by atoms with Crippen LogP contribution in [0.1, 0.15) is 55.2 Å². The molecule has 0 spiro atoms. The smallest absolute Gasteiger partial charge is 0.272 e. The largest absolute Gasteiger partial charge is 0.334 e. The normalized spacial score (nSPS) is 15.8. The molecule has 1 fully saturated rings. The summed E-state index contributed by atoms with van der Waals surface area (Å²) >= 11 is 0. The Kier molecular flexibility index (Phi) is 5.17. The summed E-state index contributed by atoms with van der Waals surface area (Å²) in [5, 5.41) is 4.38. The van der Waals surface area contributed by atoms with E-state index in [0.29, 0.717) is 18.3 Å². The number of amides is 1. The van der Waals surface area contributed by atoms with Crippen molar-refractivity contribution in [3.8, 4) is 0 Å². The van der Waals surface area contributed by atoms with Crippen LogP contribution in [0.2, 0.25) is 0 Å². The molecule has 1 heterocycles. The Bertz CT molecular complexity index is 449. The molecule has 112 valence electrons. The van der Waals surface area contributed by atoms with Crippen molar-refractivity contribution in [2.75, 3.05) is 13.1 Å². The zero-order valence-electron chi connectivity index (χ0n) is 12.6. The average Bonchev–Trinajstić information content (AvgIpc) is 3.08. The van der Waals surface area contributed by atoms with E-state index in [9.17, 15) is 4.79 Å². The summed E-state index contributed by atoms with van der Waals surface area (Å²) in [5.74, 6) is 0.118. The monoisotopic (exact) mass is 278 g/mol. The predicted molar refractivity (Wildman–Crippen MR) is 79.6 cm³/mol. The zero-order chi connectivity index (χ0) is 14.5. The molecule has 1 amide bonds. The summed E-state index contributed by atoms with van der Waals surface area (Å²) in [6.07, 6.45) is 5.55. The summed E-state index contributed by atoms with van der Waals surface area (Å²) in [7, 11) is 0. The van der Waals surface area contributed by atoms with E-state index in [1.807, 2.05) is 29.5 Å². The first-order valence-corrected chi connectivity index (χ1v) is 7.72. The molecule has 0 unspecified atom stereocenters. The number of nitrogens with zero attached hydrogens (tertiary/aromatic N) is 3. The van der Waals surface area contributed by atoms with E-state index in [1.54, 1.807) is 0 Å². The third-order valence-electron chi connectivity index (χ3n) is 4.05. The quantitative estimate of drug-likeness (QED) is 0.865. The van der Waals surface area contributed by atoms with Crippen molar-refractivity contribution in [3.63, 3.8) is 0 Å². The molecule has 20 heavy (non-hydrogen) atoms. The summed E-state index contributed by atoms with van der Waals surface area (Å²) in [6.45, 7) is 6.06. The van der Waals surface area contributed by atoms with Crippen LogP contribution in [0.15, 0.2) is 6.07 Å². The maximum Gasteiger partial charge on any atom is 0.272 e. The highest BCUT2D eigenvalue weighted by atomic mass is 16.2. The van der Waals surface area contributed by atoms with Crippen LogP contribution in [-0.2, 0) is 6.54 Å². The fraction of sp³-hybridized carbons (Fsp3) is 0.733. The van der Waals surface area contributed by atoms with E-state index >= 15 is 0 Å². The standard InChI is InChI=1S/C15H26N4O/c1-3-19-14(11-12(2)17-19)15(20)18(10-6-9-16)13-7-4-5-8-13/h11,13H,3-10,16H2,1-2H3. The van der Waals surface area contributed by atoms with Crippen molar-refractivity contribution >= 4 is 5.91 Å². The topological polar surface area (TPSA) is 64.2 Å².